The Labute approximate surface area is 106 Å². The molecule has 0 bridgehead atoms. The molecule has 0 saturated carbocycles. The second kappa shape index (κ2) is 3.75. The molecule has 0 saturated heterocycles. The van der Waals surface area contributed by atoms with Gasteiger partial charge in [0.1, 0.15) is 0 Å². The lowest BCUT2D eigenvalue weighted by Gasteiger charge is -1.99. The van der Waals surface area contributed by atoms with Crippen LogP contribution in [0.4, 0.5) is 5.69 Å². The summed E-state index contributed by atoms with van der Waals surface area (Å²) >= 11 is 0. The van der Waals surface area contributed by atoms with Gasteiger partial charge >= 0.3 is 0 Å². The number of hydrogen-bond donors (Lipinski definition) is 1. The van der Waals surface area contributed by atoms with E-state index in [9.17, 15) is 8.42 Å². The highest BCUT2D eigenvalue weighted by molar-refractivity contribution is 7.92. The fourth-order valence-electron chi connectivity index (χ4n) is 2.03. The van der Waals surface area contributed by atoms with Crippen molar-refractivity contribution >= 4 is 27.9 Å². The lowest BCUT2D eigenvalue weighted by molar-refractivity contribution is 0.598. The SMILES string of the molecule is Cl.Nc1ccc2c(c1)S(=O)(=O)c1ccccc1-2. The van der Waals surface area contributed by atoms with Crippen LogP contribution in [0.2, 0.25) is 0 Å². The van der Waals surface area contributed by atoms with E-state index >= 15 is 0 Å². The minimum atomic E-state index is -3.37. The fraction of sp³-hybridized carbons (Fsp3) is 0. The highest BCUT2D eigenvalue weighted by Crippen LogP contribution is 2.43. The van der Waals surface area contributed by atoms with Crippen molar-refractivity contribution in [2.75, 3.05) is 5.73 Å². The van der Waals surface area contributed by atoms with Crippen molar-refractivity contribution in [1.82, 2.24) is 0 Å². The van der Waals surface area contributed by atoms with Gasteiger partial charge in [-0.3, -0.25) is 0 Å². The van der Waals surface area contributed by atoms with Gasteiger partial charge in [-0.15, -0.1) is 12.4 Å². The molecule has 2 aromatic rings. The van der Waals surface area contributed by atoms with Crippen molar-refractivity contribution in [2.24, 2.45) is 0 Å². The fourth-order valence-corrected chi connectivity index (χ4v) is 3.75. The van der Waals surface area contributed by atoms with Crippen molar-refractivity contribution < 1.29 is 8.42 Å². The molecule has 1 aliphatic heterocycles. The van der Waals surface area contributed by atoms with E-state index in [1.165, 1.54) is 6.07 Å². The summed E-state index contributed by atoms with van der Waals surface area (Å²) in [6.07, 6.45) is 0. The molecule has 0 fully saturated rings. The Morgan fingerprint density at radius 1 is 0.882 bits per heavy atom. The first-order valence-electron chi connectivity index (χ1n) is 4.85. The van der Waals surface area contributed by atoms with Crippen LogP contribution < -0.4 is 5.73 Å². The maximum Gasteiger partial charge on any atom is 0.207 e. The number of benzene rings is 2. The molecule has 0 aliphatic carbocycles. The molecule has 2 N–H and O–H groups in total. The van der Waals surface area contributed by atoms with Crippen LogP contribution in [0.3, 0.4) is 0 Å². The Morgan fingerprint density at radius 2 is 1.53 bits per heavy atom. The Hall–Kier alpha value is -1.52. The summed E-state index contributed by atoms with van der Waals surface area (Å²) in [7, 11) is -3.37. The van der Waals surface area contributed by atoms with Gasteiger partial charge in [0.2, 0.25) is 9.84 Å². The minimum Gasteiger partial charge on any atom is -0.399 e. The van der Waals surface area contributed by atoms with E-state index < -0.39 is 9.84 Å². The summed E-state index contributed by atoms with van der Waals surface area (Å²) < 4.78 is 24.3. The van der Waals surface area contributed by atoms with Gasteiger partial charge < -0.3 is 5.73 Å². The van der Waals surface area contributed by atoms with E-state index in [4.69, 9.17) is 5.73 Å². The van der Waals surface area contributed by atoms with E-state index in [-0.39, 0.29) is 12.4 Å². The number of rotatable bonds is 0. The Bertz CT molecular complexity index is 695. The summed E-state index contributed by atoms with van der Waals surface area (Å²) in [5.74, 6) is 0. The molecular weight excluding hydrogens is 258 g/mol. The van der Waals surface area contributed by atoms with Gasteiger partial charge in [0, 0.05) is 16.8 Å². The molecule has 0 atom stereocenters. The summed E-state index contributed by atoms with van der Waals surface area (Å²) in [5, 5.41) is 0. The summed E-state index contributed by atoms with van der Waals surface area (Å²) in [4.78, 5) is 0.685. The number of halogens is 1. The van der Waals surface area contributed by atoms with E-state index in [0.29, 0.717) is 15.5 Å². The topological polar surface area (TPSA) is 60.2 Å². The van der Waals surface area contributed by atoms with Gasteiger partial charge in [0.05, 0.1) is 9.79 Å². The quantitative estimate of drug-likeness (QED) is 0.637. The molecule has 0 radical (unpaired) electrons. The standard InChI is InChI=1S/C12H9NO2S.ClH/c13-8-5-6-10-9-3-1-2-4-11(9)16(14,15)12(10)7-8;/h1-7H,13H2;1H. The summed E-state index contributed by atoms with van der Waals surface area (Å²) in [5.41, 5.74) is 7.59. The third kappa shape index (κ3) is 1.52. The monoisotopic (exact) mass is 267 g/mol. The zero-order chi connectivity index (χ0) is 11.3. The van der Waals surface area contributed by atoms with E-state index in [0.717, 1.165) is 11.1 Å². The molecule has 0 unspecified atom stereocenters. The predicted molar refractivity (Wildman–Crippen MR) is 69.0 cm³/mol. The lowest BCUT2D eigenvalue weighted by atomic mass is 10.1. The number of sulfone groups is 1. The molecule has 3 rings (SSSR count). The van der Waals surface area contributed by atoms with E-state index in [2.05, 4.69) is 0 Å². The highest BCUT2D eigenvalue weighted by Gasteiger charge is 2.32. The highest BCUT2D eigenvalue weighted by atomic mass is 35.5. The number of nitrogen functional groups attached to an aromatic ring is 1. The first-order valence-corrected chi connectivity index (χ1v) is 6.33. The number of hydrogen-bond acceptors (Lipinski definition) is 3. The van der Waals surface area contributed by atoms with Crippen LogP contribution in [-0.4, -0.2) is 8.42 Å². The molecule has 0 spiro atoms. The summed E-state index contributed by atoms with van der Waals surface area (Å²) in [6.45, 7) is 0. The van der Waals surface area contributed by atoms with Gasteiger partial charge in [-0.05, 0) is 18.2 Å². The van der Waals surface area contributed by atoms with Gasteiger partial charge in [-0.25, -0.2) is 8.42 Å². The molecule has 88 valence electrons. The molecule has 0 amide bonds. The Kier molecular flexibility index (Phi) is 2.64. The first kappa shape index (κ1) is 12.0. The number of fused-ring (bicyclic) bond motifs is 3. The van der Waals surface area contributed by atoms with Gasteiger partial charge in [-0.1, -0.05) is 24.3 Å². The number of anilines is 1. The Balaban J connectivity index is 0.00000108. The van der Waals surface area contributed by atoms with Gasteiger partial charge in [0.15, 0.2) is 0 Å². The van der Waals surface area contributed by atoms with Crippen LogP contribution in [0.15, 0.2) is 52.3 Å². The molecule has 1 heterocycles. The average Bonchev–Trinajstić information content (AvgIpc) is 2.49. The van der Waals surface area contributed by atoms with Gasteiger partial charge in [-0.2, -0.15) is 0 Å². The predicted octanol–water partition coefficient (Wildman–Crippen LogP) is 2.50. The van der Waals surface area contributed by atoms with Crippen molar-refractivity contribution in [3.05, 3.63) is 42.5 Å². The van der Waals surface area contributed by atoms with Crippen molar-refractivity contribution in [3.63, 3.8) is 0 Å². The van der Waals surface area contributed by atoms with Crippen LogP contribution in [0.1, 0.15) is 0 Å². The van der Waals surface area contributed by atoms with Crippen molar-refractivity contribution in [2.45, 2.75) is 9.79 Å². The zero-order valence-corrected chi connectivity index (χ0v) is 10.4. The second-order valence-electron chi connectivity index (χ2n) is 3.76. The van der Waals surface area contributed by atoms with Gasteiger partial charge in [0.25, 0.3) is 0 Å². The smallest absolute Gasteiger partial charge is 0.207 e. The van der Waals surface area contributed by atoms with Crippen LogP contribution in [0.5, 0.6) is 0 Å². The number of nitrogens with two attached hydrogens (primary N) is 1. The van der Waals surface area contributed by atoms with Crippen molar-refractivity contribution in [1.29, 1.82) is 0 Å². The molecular formula is C12H10ClNO2S. The second-order valence-corrected chi connectivity index (χ2v) is 5.64. The van der Waals surface area contributed by atoms with Crippen LogP contribution >= 0.6 is 12.4 Å². The molecule has 0 aromatic heterocycles. The normalized spacial score (nSPS) is 14.6. The molecule has 17 heavy (non-hydrogen) atoms. The third-order valence-corrected chi connectivity index (χ3v) is 4.61. The van der Waals surface area contributed by atoms with E-state index in [1.54, 1.807) is 24.3 Å². The molecule has 1 aliphatic rings. The maximum absolute atomic E-state index is 12.2. The largest absolute Gasteiger partial charge is 0.399 e. The van der Waals surface area contributed by atoms with Crippen LogP contribution in [0, 0.1) is 0 Å². The molecule has 2 aromatic carbocycles. The third-order valence-electron chi connectivity index (χ3n) is 2.76. The van der Waals surface area contributed by atoms with E-state index in [1.807, 2.05) is 12.1 Å². The maximum atomic E-state index is 12.2. The zero-order valence-electron chi connectivity index (χ0n) is 8.75. The summed E-state index contributed by atoms with van der Waals surface area (Å²) in [6, 6.07) is 12.0. The lowest BCUT2D eigenvalue weighted by Crippen LogP contribution is -1.97. The van der Waals surface area contributed by atoms with Crippen LogP contribution in [0.25, 0.3) is 11.1 Å². The Morgan fingerprint density at radius 3 is 2.29 bits per heavy atom. The minimum absolute atomic E-state index is 0. The van der Waals surface area contributed by atoms with Crippen molar-refractivity contribution in [3.8, 4) is 11.1 Å². The molecule has 3 nitrogen and oxygen atoms in total. The van der Waals surface area contributed by atoms with Crippen LogP contribution in [-0.2, 0) is 9.84 Å². The first-order chi connectivity index (χ1) is 7.60. The average molecular weight is 268 g/mol. The molecule has 5 heteroatoms.